The second-order valence-electron chi connectivity index (χ2n) is 5.10. The first-order valence-corrected chi connectivity index (χ1v) is 6.93. The Morgan fingerprint density at radius 2 is 2.00 bits per heavy atom. The van der Waals surface area contributed by atoms with E-state index in [2.05, 4.69) is 20.5 Å². The van der Waals surface area contributed by atoms with Crippen LogP contribution in [0.4, 0.5) is 5.95 Å². The highest BCUT2D eigenvalue weighted by Gasteiger charge is 2.10. The molecule has 2 N–H and O–H groups in total. The fraction of sp³-hybridized carbons (Fsp3) is 0.400. The summed E-state index contributed by atoms with van der Waals surface area (Å²) in [7, 11) is 1.65. The van der Waals surface area contributed by atoms with Crippen LogP contribution in [0.15, 0.2) is 24.3 Å². The van der Waals surface area contributed by atoms with Gasteiger partial charge >= 0.3 is 0 Å². The van der Waals surface area contributed by atoms with Gasteiger partial charge in [-0.15, -0.1) is 5.10 Å². The van der Waals surface area contributed by atoms with Crippen LogP contribution in [0.5, 0.6) is 5.75 Å². The highest BCUT2D eigenvalue weighted by atomic mass is 16.5. The number of carbonyl (C=O) groups is 1. The number of aromatic nitrogens is 3. The summed E-state index contributed by atoms with van der Waals surface area (Å²) < 4.78 is 5.12. The van der Waals surface area contributed by atoms with Crippen molar-refractivity contribution in [3.8, 4) is 5.75 Å². The molecule has 0 saturated heterocycles. The van der Waals surface area contributed by atoms with Gasteiger partial charge < -0.3 is 4.74 Å². The maximum atomic E-state index is 11.5. The molecule has 6 heteroatoms. The number of hydrogen-bond donors (Lipinski definition) is 2. The number of carbonyl (C=O) groups excluding carboxylic acids is 1. The maximum Gasteiger partial charge on any atom is 0.248 e. The lowest BCUT2D eigenvalue weighted by molar-refractivity contribution is -0.118. The van der Waals surface area contributed by atoms with Gasteiger partial charge in [0.2, 0.25) is 11.9 Å². The number of aryl methyl sites for hydroxylation is 2. The highest BCUT2D eigenvalue weighted by Crippen LogP contribution is 2.13. The van der Waals surface area contributed by atoms with Gasteiger partial charge in [0.25, 0.3) is 0 Å². The zero-order valence-corrected chi connectivity index (χ0v) is 12.5. The standard InChI is InChI=1S/C15H20N4O2/c1-10(2)14(20)17-15-16-13(18-19-15)9-6-11-4-7-12(21-3)8-5-11/h4-5,7-8,10H,6,9H2,1-3H3,(H2,16,17,18,19,20). The van der Waals surface area contributed by atoms with E-state index in [-0.39, 0.29) is 11.8 Å². The monoisotopic (exact) mass is 288 g/mol. The third-order valence-corrected chi connectivity index (χ3v) is 3.10. The number of benzene rings is 1. The summed E-state index contributed by atoms with van der Waals surface area (Å²) in [5, 5.41) is 9.50. The zero-order valence-electron chi connectivity index (χ0n) is 12.5. The molecule has 0 aliphatic rings. The third kappa shape index (κ3) is 4.30. The van der Waals surface area contributed by atoms with E-state index in [1.54, 1.807) is 7.11 Å². The number of methoxy groups -OCH3 is 1. The van der Waals surface area contributed by atoms with E-state index in [0.29, 0.717) is 5.95 Å². The van der Waals surface area contributed by atoms with Gasteiger partial charge in [-0.2, -0.15) is 4.98 Å². The molecule has 2 rings (SSSR count). The van der Waals surface area contributed by atoms with Crippen LogP contribution in [0.2, 0.25) is 0 Å². The van der Waals surface area contributed by atoms with E-state index >= 15 is 0 Å². The van der Waals surface area contributed by atoms with Gasteiger partial charge in [0.05, 0.1) is 7.11 Å². The van der Waals surface area contributed by atoms with Crippen molar-refractivity contribution >= 4 is 11.9 Å². The largest absolute Gasteiger partial charge is 0.497 e. The Bertz CT molecular complexity index is 590. The lowest BCUT2D eigenvalue weighted by Crippen LogP contribution is -2.18. The van der Waals surface area contributed by atoms with Crippen LogP contribution in [0, 0.1) is 5.92 Å². The van der Waals surface area contributed by atoms with Gasteiger partial charge in [0.15, 0.2) is 0 Å². The maximum absolute atomic E-state index is 11.5. The molecule has 0 aliphatic heterocycles. The van der Waals surface area contributed by atoms with Crippen LogP contribution in [0.3, 0.4) is 0 Å². The van der Waals surface area contributed by atoms with Crippen molar-refractivity contribution in [1.29, 1.82) is 0 Å². The molecule has 0 bridgehead atoms. The molecule has 0 atom stereocenters. The van der Waals surface area contributed by atoms with E-state index in [9.17, 15) is 4.79 Å². The Kier molecular flexibility index (Phi) is 4.92. The third-order valence-electron chi connectivity index (χ3n) is 3.10. The number of rotatable bonds is 6. The van der Waals surface area contributed by atoms with Crippen LogP contribution in [0.25, 0.3) is 0 Å². The van der Waals surface area contributed by atoms with Crippen molar-refractivity contribution in [2.24, 2.45) is 5.92 Å². The summed E-state index contributed by atoms with van der Waals surface area (Å²) in [5.74, 6) is 1.75. The molecule has 1 heterocycles. The summed E-state index contributed by atoms with van der Waals surface area (Å²) in [6.45, 7) is 3.65. The molecule has 1 amide bonds. The second kappa shape index (κ2) is 6.88. The molecule has 0 unspecified atom stereocenters. The van der Waals surface area contributed by atoms with Crippen molar-refractivity contribution < 1.29 is 9.53 Å². The van der Waals surface area contributed by atoms with Crippen LogP contribution in [-0.2, 0) is 17.6 Å². The number of anilines is 1. The first-order valence-electron chi connectivity index (χ1n) is 6.93. The predicted molar refractivity (Wildman–Crippen MR) is 80.3 cm³/mol. The molecule has 2 aromatic rings. The van der Waals surface area contributed by atoms with E-state index in [1.807, 2.05) is 38.1 Å². The molecular formula is C15H20N4O2. The molecule has 0 radical (unpaired) electrons. The molecule has 0 spiro atoms. The van der Waals surface area contributed by atoms with Crippen molar-refractivity contribution in [3.63, 3.8) is 0 Å². The summed E-state index contributed by atoms with van der Waals surface area (Å²) in [6, 6.07) is 7.92. The number of H-pyrrole nitrogens is 1. The highest BCUT2D eigenvalue weighted by molar-refractivity contribution is 5.90. The summed E-state index contributed by atoms with van der Waals surface area (Å²) in [4.78, 5) is 15.8. The number of nitrogens with one attached hydrogen (secondary N) is 2. The summed E-state index contributed by atoms with van der Waals surface area (Å²) in [5.41, 5.74) is 1.19. The molecule has 0 aliphatic carbocycles. The molecule has 0 fully saturated rings. The first kappa shape index (κ1) is 15.0. The van der Waals surface area contributed by atoms with Crippen LogP contribution in [0.1, 0.15) is 25.2 Å². The van der Waals surface area contributed by atoms with Crippen LogP contribution in [-0.4, -0.2) is 28.2 Å². The summed E-state index contributed by atoms with van der Waals surface area (Å²) >= 11 is 0. The Morgan fingerprint density at radius 3 is 2.62 bits per heavy atom. The van der Waals surface area contributed by atoms with Crippen molar-refractivity contribution in [2.45, 2.75) is 26.7 Å². The van der Waals surface area contributed by atoms with E-state index in [0.717, 1.165) is 24.4 Å². The average Bonchev–Trinajstić information content (AvgIpc) is 2.93. The lowest BCUT2D eigenvalue weighted by Gasteiger charge is -2.02. The summed E-state index contributed by atoms with van der Waals surface area (Å²) in [6.07, 6.45) is 1.58. The van der Waals surface area contributed by atoms with Gasteiger partial charge in [-0.1, -0.05) is 26.0 Å². The Labute approximate surface area is 123 Å². The number of nitrogens with zero attached hydrogens (tertiary/aromatic N) is 2. The van der Waals surface area contributed by atoms with Gasteiger partial charge in [-0.3, -0.25) is 15.2 Å². The topological polar surface area (TPSA) is 79.9 Å². The van der Waals surface area contributed by atoms with Crippen LogP contribution < -0.4 is 10.1 Å². The molecule has 112 valence electrons. The molecule has 0 saturated carbocycles. The number of ether oxygens (including phenoxy) is 1. The van der Waals surface area contributed by atoms with Gasteiger partial charge in [-0.25, -0.2) is 0 Å². The van der Waals surface area contributed by atoms with E-state index < -0.39 is 0 Å². The van der Waals surface area contributed by atoms with E-state index in [4.69, 9.17) is 4.74 Å². The SMILES string of the molecule is COc1ccc(CCc2nc(NC(=O)C(C)C)n[nH]2)cc1. The molecule has 6 nitrogen and oxygen atoms in total. The van der Waals surface area contributed by atoms with Crippen LogP contribution >= 0.6 is 0 Å². The number of amides is 1. The fourth-order valence-corrected chi connectivity index (χ4v) is 1.77. The Balaban J connectivity index is 1.88. The van der Waals surface area contributed by atoms with Crippen molar-refractivity contribution in [2.75, 3.05) is 12.4 Å². The minimum atomic E-state index is -0.0914. The van der Waals surface area contributed by atoms with Crippen molar-refractivity contribution in [1.82, 2.24) is 15.2 Å². The smallest absolute Gasteiger partial charge is 0.248 e. The van der Waals surface area contributed by atoms with Gasteiger partial charge in [0.1, 0.15) is 11.6 Å². The van der Waals surface area contributed by atoms with Gasteiger partial charge in [0, 0.05) is 12.3 Å². The Hall–Kier alpha value is -2.37. The lowest BCUT2D eigenvalue weighted by atomic mass is 10.1. The molecule has 1 aromatic carbocycles. The Morgan fingerprint density at radius 1 is 1.29 bits per heavy atom. The fourth-order valence-electron chi connectivity index (χ4n) is 1.77. The normalized spacial score (nSPS) is 10.7. The number of aromatic amines is 1. The quantitative estimate of drug-likeness (QED) is 0.854. The minimum Gasteiger partial charge on any atom is -0.497 e. The number of hydrogen-bond acceptors (Lipinski definition) is 4. The molecule has 21 heavy (non-hydrogen) atoms. The second-order valence-corrected chi connectivity index (χ2v) is 5.10. The zero-order chi connectivity index (χ0) is 15.2. The van der Waals surface area contributed by atoms with Gasteiger partial charge in [-0.05, 0) is 24.1 Å². The molecule has 1 aromatic heterocycles. The van der Waals surface area contributed by atoms with E-state index in [1.165, 1.54) is 5.56 Å². The van der Waals surface area contributed by atoms with Crippen molar-refractivity contribution in [3.05, 3.63) is 35.7 Å². The minimum absolute atomic E-state index is 0.0873. The first-order chi connectivity index (χ1) is 10.1. The predicted octanol–water partition coefficient (Wildman–Crippen LogP) is 2.19. The molecular weight excluding hydrogens is 268 g/mol. The average molecular weight is 288 g/mol.